The topological polar surface area (TPSA) is 47.6 Å². The normalized spacial score (nSPS) is 14.1. The Morgan fingerprint density at radius 1 is 1.17 bits per heavy atom. The summed E-state index contributed by atoms with van der Waals surface area (Å²) in [5, 5.41) is 2.77. The summed E-state index contributed by atoms with van der Waals surface area (Å²) in [6, 6.07) is 12.2. The zero-order chi connectivity index (χ0) is 16.9. The van der Waals surface area contributed by atoms with Gasteiger partial charge in [0.05, 0.1) is 0 Å². The molecule has 0 spiro atoms. The quantitative estimate of drug-likeness (QED) is 0.914. The maximum Gasteiger partial charge on any atom is 0.220 e. The van der Waals surface area contributed by atoms with Crippen LogP contribution in [0.1, 0.15) is 30.4 Å². The van der Waals surface area contributed by atoms with Gasteiger partial charge < -0.3 is 14.8 Å². The number of carbonyl (C=O) groups is 1. The maximum atomic E-state index is 13.6. The van der Waals surface area contributed by atoms with Gasteiger partial charge in [-0.2, -0.15) is 0 Å². The van der Waals surface area contributed by atoms with Gasteiger partial charge in [-0.25, -0.2) is 4.39 Å². The van der Waals surface area contributed by atoms with Crippen LogP contribution in [-0.4, -0.2) is 19.1 Å². The molecule has 1 unspecified atom stereocenters. The van der Waals surface area contributed by atoms with Gasteiger partial charge >= 0.3 is 0 Å². The van der Waals surface area contributed by atoms with Crippen molar-refractivity contribution >= 4 is 5.91 Å². The summed E-state index contributed by atoms with van der Waals surface area (Å²) in [6.45, 7) is 3.27. The fourth-order valence-electron chi connectivity index (χ4n) is 2.67. The average molecular weight is 329 g/mol. The second-order valence-corrected chi connectivity index (χ2v) is 5.88. The minimum atomic E-state index is -0.308. The maximum absolute atomic E-state index is 13.6. The van der Waals surface area contributed by atoms with E-state index in [0.717, 1.165) is 17.1 Å². The summed E-state index contributed by atoms with van der Waals surface area (Å²) in [5.74, 6) is 1.07. The van der Waals surface area contributed by atoms with Crippen molar-refractivity contribution in [3.05, 3.63) is 59.4 Å². The van der Waals surface area contributed by atoms with Crippen molar-refractivity contribution in [1.82, 2.24) is 5.32 Å². The van der Waals surface area contributed by atoms with Crippen LogP contribution in [0, 0.1) is 5.82 Å². The molecule has 1 atom stereocenters. The molecular weight excluding hydrogens is 309 g/mol. The van der Waals surface area contributed by atoms with Crippen LogP contribution in [0.15, 0.2) is 42.5 Å². The van der Waals surface area contributed by atoms with E-state index in [1.807, 2.05) is 25.1 Å². The van der Waals surface area contributed by atoms with Crippen LogP contribution in [0.25, 0.3) is 0 Å². The Morgan fingerprint density at radius 3 is 2.71 bits per heavy atom. The van der Waals surface area contributed by atoms with E-state index in [-0.39, 0.29) is 24.2 Å². The molecule has 0 aliphatic carbocycles. The Morgan fingerprint density at radius 2 is 1.92 bits per heavy atom. The zero-order valence-corrected chi connectivity index (χ0v) is 13.5. The zero-order valence-electron chi connectivity index (χ0n) is 13.5. The van der Waals surface area contributed by atoms with Gasteiger partial charge in [0.15, 0.2) is 11.5 Å². The second-order valence-electron chi connectivity index (χ2n) is 5.88. The summed E-state index contributed by atoms with van der Waals surface area (Å²) >= 11 is 0. The molecule has 126 valence electrons. The van der Waals surface area contributed by atoms with Gasteiger partial charge in [0.2, 0.25) is 5.91 Å². The molecule has 0 aromatic heterocycles. The number of hydrogen-bond acceptors (Lipinski definition) is 3. The minimum absolute atomic E-state index is 0.0291. The molecule has 0 saturated heterocycles. The number of nitrogens with one attached hydrogen (secondary N) is 1. The molecule has 1 aliphatic heterocycles. The first kappa shape index (κ1) is 16.3. The van der Waals surface area contributed by atoms with E-state index < -0.39 is 0 Å². The Hall–Kier alpha value is -2.56. The molecule has 2 aromatic carbocycles. The largest absolute Gasteiger partial charge is 0.486 e. The summed E-state index contributed by atoms with van der Waals surface area (Å²) in [6.07, 6.45) is 0.327. The highest BCUT2D eigenvalue weighted by Gasteiger charge is 2.16. The lowest BCUT2D eigenvalue weighted by atomic mass is 9.97. The van der Waals surface area contributed by atoms with Crippen LogP contribution in [0.3, 0.4) is 0 Å². The molecule has 0 fully saturated rings. The highest BCUT2D eigenvalue weighted by molar-refractivity contribution is 5.76. The number of amides is 1. The lowest BCUT2D eigenvalue weighted by molar-refractivity contribution is -0.121. The van der Waals surface area contributed by atoms with Crippen molar-refractivity contribution in [2.45, 2.75) is 25.8 Å². The standard InChI is InChI=1S/C19H20FNO3/c1-13(14-6-7-17-18(11-14)24-9-8-23-17)10-19(22)21-12-15-4-2-3-5-16(15)20/h2-7,11,13H,8-10,12H2,1H3,(H,21,22). The van der Waals surface area contributed by atoms with Gasteiger partial charge in [0.25, 0.3) is 0 Å². The number of fused-ring (bicyclic) bond motifs is 1. The van der Waals surface area contributed by atoms with Crippen molar-refractivity contribution in [3.8, 4) is 11.5 Å². The SMILES string of the molecule is CC(CC(=O)NCc1ccccc1F)c1ccc2c(c1)OCCO2. The molecule has 1 aliphatic rings. The minimum Gasteiger partial charge on any atom is -0.486 e. The number of halogens is 1. The Labute approximate surface area is 140 Å². The molecular formula is C19H20FNO3. The third-order valence-electron chi connectivity index (χ3n) is 4.06. The lowest BCUT2D eigenvalue weighted by Crippen LogP contribution is -2.24. The van der Waals surface area contributed by atoms with Crippen molar-refractivity contribution in [3.63, 3.8) is 0 Å². The third kappa shape index (κ3) is 3.85. The van der Waals surface area contributed by atoms with Gasteiger partial charge in [-0.05, 0) is 29.7 Å². The van der Waals surface area contributed by atoms with E-state index in [1.165, 1.54) is 6.07 Å². The van der Waals surface area contributed by atoms with Crippen molar-refractivity contribution in [2.75, 3.05) is 13.2 Å². The molecule has 5 heteroatoms. The predicted octanol–water partition coefficient (Wildman–Crippen LogP) is 3.41. The molecule has 3 rings (SSSR count). The van der Waals surface area contributed by atoms with E-state index in [2.05, 4.69) is 5.32 Å². The molecule has 1 N–H and O–H groups in total. The summed E-state index contributed by atoms with van der Waals surface area (Å²) in [7, 11) is 0. The van der Waals surface area contributed by atoms with Crippen molar-refractivity contribution < 1.29 is 18.7 Å². The number of hydrogen-bond donors (Lipinski definition) is 1. The highest BCUT2D eigenvalue weighted by atomic mass is 19.1. The molecule has 1 heterocycles. The van der Waals surface area contributed by atoms with E-state index >= 15 is 0 Å². The van der Waals surface area contributed by atoms with Crippen LogP contribution < -0.4 is 14.8 Å². The fraction of sp³-hybridized carbons (Fsp3) is 0.316. The molecule has 1 amide bonds. The molecule has 24 heavy (non-hydrogen) atoms. The monoisotopic (exact) mass is 329 g/mol. The van der Waals surface area contributed by atoms with Crippen LogP contribution in [-0.2, 0) is 11.3 Å². The number of carbonyl (C=O) groups excluding carboxylic acids is 1. The summed E-state index contributed by atoms with van der Waals surface area (Å²) < 4.78 is 24.6. The third-order valence-corrected chi connectivity index (χ3v) is 4.06. The first-order chi connectivity index (χ1) is 11.6. The molecule has 0 saturated carbocycles. The fourth-order valence-corrected chi connectivity index (χ4v) is 2.67. The van der Waals surface area contributed by atoms with E-state index in [1.54, 1.807) is 18.2 Å². The van der Waals surface area contributed by atoms with Gasteiger partial charge in [-0.1, -0.05) is 31.2 Å². The van der Waals surface area contributed by atoms with Gasteiger partial charge in [0.1, 0.15) is 19.0 Å². The second kappa shape index (κ2) is 7.34. The number of benzene rings is 2. The van der Waals surface area contributed by atoms with Crippen molar-refractivity contribution in [2.24, 2.45) is 0 Å². The predicted molar refractivity (Wildman–Crippen MR) is 88.7 cm³/mol. The molecule has 0 bridgehead atoms. The molecule has 2 aromatic rings. The van der Waals surface area contributed by atoms with Crippen LogP contribution in [0.4, 0.5) is 4.39 Å². The first-order valence-corrected chi connectivity index (χ1v) is 8.03. The highest BCUT2D eigenvalue weighted by Crippen LogP contribution is 2.33. The van der Waals surface area contributed by atoms with Gasteiger partial charge in [-0.15, -0.1) is 0 Å². The van der Waals surface area contributed by atoms with E-state index in [0.29, 0.717) is 25.2 Å². The van der Waals surface area contributed by atoms with Crippen LogP contribution in [0.2, 0.25) is 0 Å². The van der Waals surface area contributed by atoms with Gasteiger partial charge in [-0.3, -0.25) is 4.79 Å². The number of ether oxygens (including phenoxy) is 2. The average Bonchev–Trinajstić information content (AvgIpc) is 2.60. The van der Waals surface area contributed by atoms with Gasteiger partial charge in [0, 0.05) is 18.5 Å². The Kier molecular flexibility index (Phi) is 4.99. The van der Waals surface area contributed by atoms with Crippen LogP contribution in [0.5, 0.6) is 11.5 Å². The molecule has 4 nitrogen and oxygen atoms in total. The molecule has 0 radical (unpaired) electrons. The number of rotatable bonds is 5. The Bertz CT molecular complexity index is 732. The first-order valence-electron chi connectivity index (χ1n) is 8.03. The van der Waals surface area contributed by atoms with Crippen LogP contribution >= 0.6 is 0 Å². The van der Waals surface area contributed by atoms with Crippen molar-refractivity contribution in [1.29, 1.82) is 0 Å². The summed E-state index contributed by atoms with van der Waals surface area (Å²) in [4.78, 5) is 12.1. The Balaban J connectivity index is 1.57. The lowest BCUT2D eigenvalue weighted by Gasteiger charge is -2.20. The van der Waals surface area contributed by atoms with E-state index in [4.69, 9.17) is 9.47 Å². The smallest absolute Gasteiger partial charge is 0.220 e. The summed E-state index contributed by atoms with van der Waals surface area (Å²) in [5.41, 5.74) is 1.50. The van der Waals surface area contributed by atoms with E-state index in [9.17, 15) is 9.18 Å².